The first-order valence-corrected chi connectivity index (χ1v) is 3.17. The summed E-state index contributed by atoms with van der Waals surface area (Å²) in [6.45, 7) is 0.415. The normalized spacial score (nSPS) is 8.75. The van der Waals surface area contributed by atoms with E-state index < -0.39 is 4.92 Å². The predicted octanol–water partition coefficient (Wildman–Crippen LogP) is -1.94. The van der Waals surface area contributed by atoms with Gasteiger partial charge in [-0.15, -0.1) is 0 Å². The second kappa shape index (κ2) is 4.69. The molecule has 4 nitrogen and oxygen atoms in total. The van der Waals surface area contributed by atoms with Gasteiger partial charge < -0.3 is 18.1 Å². The molecule has 1 rings (SSSR count). The maximum atomic E-state index is 10.2. The number of nitrogens with zero attached hydrogens (tertiary/aromatic N) is 1. The summed E-state index contributed by atoms with van der Waals surface area (Å²) in [4.78, 5) is 9.74. The molecule has 0 saturated carbocycles. The van der Waals surface area contributed by atoms with E-state index in [9.17, 15) is 10.1 Å². The highest BCUT2D eigenvalue weighted by Gasteiger charge is 2.01. The van der Waals surface area contributed by atoms with Crippen molar-refractivity contribution < 1.29 is 17.3 Å². The van der Waals surface area contributed by atoms with E-state index in [0.717, 1.165) is 5.56 Å². The van der Waals surface area contributed by atoms with Gasteiger partial charge in [0.2, 0.25) is 0 Å². The zero-order valence-electron chi connectivity index (χ0n) is 6.24. The van der Waals surface area contributed by atoms with E-state index in [1.807, 2.05) is 0 Å². The maximum absolute atomic E-state index is 10.2. The fourth-order valence-electron chi connectivity index (χ4n) is 0.754. The summed E-state index contributed by atoms with van der Waals surface area (Å²) >= 11 is 0. The molecule has 66 valence electrons. The lowest BCUT2D eigenvalue weighted by Crippen LogP contribution is -3.00. The van der Waals surface area contributed by atoms with Crippen LogP contribution < -0.4 is 18.1 Å². The fourth-order valence-corrected chi connectivity index (χ4v) is 0.754. The Bertz CT molecular complexity index is 261. The molecule has 0 aliphatic heterocycles. The molecule has 0 aromatic heterocycles. The Morgan fingerprint density at radius 2 is 1.83 bits per heavy atom. The molecular weight excluding hydrogens is 180 g/mol. The molecule has 0 aliphatic carbocycles. The van der Waals surface area contributed by atoms with Gasteiger partial charge in [-0.05, 0) is 5.56 Å². The number of nitro benzene ring substituents is 1. The van der Waals surface area contributed by atoms with Crippen LogP contribution in [0.1, 0.15) is 5.56 Å². The van der Waals surface area contributed by atoms with Gasteiger partial charge in [0.05, 0.1) is 4.92 Å². The molecule has 0 aliphatic rings. The molecule has 2 N–H and O–H groups in total. The number of nitro groups is 1. The maximum Gasteiger partial charge on any atom is 0.269 e. The smallest absolute Gasteiger partial charge is 0.269 e. The van der Waals surface area contributed by atoms with Crippen molar-refractivity contribution in [3.8, 4) is 0 Å². The molecule has 0 unspecified atom stereocenters. The van der Waals surface area contributed by atoms with Crippen LogP contribution in [0.4, 0.5) is 5.69 Å². The minimum absolute atomic E-state index is 0. The van der Waals surface area contributed by atoms with Crippen molar-refractivity contribution in [3.63, 3.8) is 0 Å². The van der Waals surface area contributed by atoms with Crippen LogP contribution in [-0.4, -0.2) is 4.92 Å². The molecule has 0 heterocycles. The third kappa shape index (κ3) is 2.48. The second-order valence-corrected chi connectivity index (χ2v) is 2.13. The Morgan fingerprint density at radius 1 is 1.33 bits per heavy atom. The lowest BCUT2D eigenvalue weighted by molar-refractivity contribution is -0.384. The molecule has 0 spiro atoms. The topological polar surface area (TPSA) is 69.2 Å². The first-order valence-electron chi connectivity index (χ1n) is 3.17. The first kappa shape index (κ1) is 10.9. The second-order valence-electron chi connectivity index (χ2n) is 2.13. The number of rotatable bonds is 2. The van der Waals surface area contributed by atoms with E-state index >= 15 is 0 Å². The summed E-state index contributed by atoms with van der Waals surface area (Å²) in [6.07, 6.45) is 0. The van der Waals surface area contributed by atoms with Gasteiger partial charge in [-0.25, -0.2) is 0 Å². The van der Waals surface area contributed by atoms with Gasteiger partial charge in [-0.1, -0.05) is 12.1 Å². The number of hydrogen-bond acceptors (Lipinski definition) is 3. The molecule has 0 amide bonds. The highest BCUT2D eigenvalue weighted by Crippen LogP contribution is 2.10. The van der Waals surface area contributed by atoms with Gasteiger partial charge in [0.1, 0.15) is 0 Å². The summed E-state index contributed by atoms with van der Waals surface area (Å²) in [5.41, 5.74) is 6.30. The van der Waals surface area contributed by atoms with Gasteiger partial charge in [0.25, 0.3) is 5.69 Å². The van der Waals surface area contributed by atoms with Crippen LogP contribution in [0.25, 0.3) is 0 Å². The third-order valence-corrected chi connectivity index (χ3v) is 1.38. The quantitative estimate of drug-likeness (QED) is 0.433. The van der Waals surface area contributed by atoms with Crippen LogP contribution in [0, 0.1) is 10.1 Å². The highest BCUT2D eigenvalue weighted by molar-refractivity contribution is 5.32. The lowest BCUT2D eigenvalue weighted by atomic mass is 10.2. The molecule has 5 heteroatoms. The fraction of sp³-hybridized carbons (Fsp3) is 0.143. The number of nitrogens with two attached hydrogens (primary N) is 1. The van der Waals surface area contributed by atoms with Gasteiger partial charge >= 0.3 is 0 Å². The van der Waals surface area contributed by atoms with E-state index in [4.69, 9.17) is 5.73 Å². The van der Waals surface area contributed by atoms with Crippen molar-refractivity contribution in [3.05, 3.63) is 39.9 Å². The van der Waals surface area contributed by atoms with E-state index in [1.165, 1.54) is 12.1 Å². The Labute approximate surface area is 75.9 Å². The lowest BCUT2D eigenvalue weighted by Gasteiger charge is -1.93. The Hall–Kier alpha value is -1.13. The minimum Gasteiger partial charge on any atom is -1.00 e. The average Bonchev–Trinajstić information content (AvgIpc) is 2.05. The van der Waals surface area contributed by atoms with Gasteiger partial charge in [0, 0.05) is 18.7 Å². The molecule has 0 atom stereocenters. The van der Waals surface area contributed by atoms with Crippen LogP contribution in [0.3, 0.4) is 0 Å². The summed E-state index contributed by atoms with van der Waals surface area (Å²) in [5.74, 6) is 0. The Balaban J connectivity index is 0.00000121. The minimum atomic E-state index is -0.430. The summed E-state index contributed by atoms with van der Waals surface area (Å²) in [7, 11) is 0. The molecule has 0 radical (unpaired) electrons. The van der Waals surface area contributed by atoms with Crippen molar-refractivity contribution >= 4 is 5.69 Å². The van der Waals surface area contributed by atoms with Crippen molar-refractivity contribution in [2.45, 2.75) is 6.54 Å². The van der Waals surface area contributed by atoms with Crippen LogP contribution in [0.2, 0.25) is 0 Å². The van der Waals surface area contributed by atoms with Crippen molar-refractivity contribution in [1.29, 1.82) is 0 Å². The van der Waals surface area contributed by atoms with Crippen LogP contribution in [-0.2, 0) is 6.54 Å². The zero-order chi connectivity index (χ0) is 8.27. The Morgan fingerprint density at radius 3 is 2.17 bits per heavy atom. The molecule has 1 aromatic rings. The predicted molar refractivity (Wildman–Crippen MR) is 41.0 cm³/mol. The van der Waals surface area contributed by atoms with Crippen molar-refractivity contribution in [1.82, 2.24) is 0 Å². The number of halogens is 1. The van der Waals surface area contributed by atoms with E-state index in [1.54, 1.807) is 12.1 Å². The standard InChI is InChI=1S/C7H8N2O2.ClH/c8-5-6-1-3-7(4-2-6)9(10)11;/h1-4H,5,8H2;1H/p-1. The zero-order valence-corrected chi connectivity index (χ0v) is 6.99. The first-order chi connectivity index (χ1) is 5.24. The van der Waals surface area contributed by atoms with Gasteiger partial charge in [-0.2, -0.15) is 0 Å². The molecule has 0 fully saturated rings. The highest BCUT2D eigenvalue weighted by atomic mass is 35.5. The summed E-state index contributed by atoms with van der Waals surface area (Å²) in [6, 6.07) is 6.20. The molecular formula is C7H8ClN2O2-. The van der Waals surface area contributed by atoms with Gasteiger partial charge in [0.15, 0.2) is 0 Å². The molecule has 0 bridgehead atoms. The SMILES string of the molecule is NCc1ccc([N+](=O)[O-])cc1.[Cl-]. The van der Waals surface area contributed by atoms with Crippen LogP contribution >= 0.6 is 0 Å². The third-order valence-electron chi connectivity index (χ3n) is 1.38. The van der Waals surface area contributed by atoms with Crippen molar-refractivity contribution in [2.75, 3.05) is 0 Å². The average molecular weight is 188 g/mol. The monoisotopic (exact) mass is 187 g/mol. The van der Waals surface area contributed by atoms with E-state index in [0.29, 0.717) is 6.54 Å². The summed E-state index contributed by atoms with van der Waals surface area (Å²) < 4.78 is 0. The van der Waals surface area contributed by atoms with E-state index in [-0.39, 0.29) is 18.1 Å². The summed E-state index contributed by atoms with van der Waals surface area (Å²) in [5, 5.41) is 10.2. The van der Waals surface area contributed by atoms with Crippen molar-refractivity contribution in [2.24, 2.45) is 5.73 Å². The largest absolute Gasteiger partial charge is 1.00 e. The molecule has 0 saturated heterocycles. The Kier molecular flexibility index (Phi) is 4.25. The van der Waals surface area contributed by atoms with E-state index in [2.05, 4.69) is 0 Å². The number of non-ortho nitro benzene ring substituents is 1. The van der Waals surface area contributed by atoms with Gasteiger partial charge in [-0.3, -0.25) is 10.1 Å². The molecule has 12 heavy (non-hydrogen) atoms. The molecule has 1 aromatic carbocycles. The number of hydrogen-bond donors (Lipinski definition) is 1. The number of benzene rings is 1. The van der Waals surface area contributed by atoms with Crippen LogP contribution in [0.15, 0.2) is 24.3 Å². The van der Waals surface area contributed by atoms with Crippen LogP contribution in [0.5, 0.6) is 0 Å².